The molecule has 0 bridgehead atoms. The number of H-pyrrole nitrogens is 1. The molecule has 0 aliphatic rings. The van der Waals surface area contributed by atoms with Gasteiger partial charge in [0.05, 0.1) is 6.20 Å². The molecular weight excluding hydrogens is 284 g/mol. The second-order valence-corrected chi connectivity index (χ2v) is 5.45. The van der Waals surface area contributed by atoms with Crippen molar-refractivity contribution >= 4 is 5.65 Å². The fraction of sp³-hybridized carbons (Fsp3) is 0.0500. The van der Waals surface area contributed by atoms with Gasteiger partial charge in [-0.3, -0.25) is 0 Å². The number of ether oxygens (including phenoxy) is 1. The summed E-state index contributed by atoms with van der Waals surface area (Å²) in [6, 6.07) is 24.6. The average Bonchev–Trinajstić information content (AvgIpc) is 3.04. The van der Waals surface area contributed by atoms with Gasteiger partial charge in [-0.1, -0.05) is 48.5 Å². The highest BCUT2D eigenvalue weighted by atomic mass is 16.5. The van der Waals surface area contributed by atoms with E-state index in [1.165, 1.54) is 11.1 Å². The molecule has 2 aromatic carbocycles. The Hall–Kier alpha value is -3.07. The van der Waals surface area contributed by atoms with Crippen molar-refractivity contribution in [2.24, 2.45) is 0 Å². The quantitative estimate of drug-likeness (QED) is 0.567. The van der Waals surface area contributed by atoms with E-state index in [4.69, 9.17) is 4.74 Å². The van der Waals surface area contributed by atoms with E-state index in [1.54, 1.807) is 0 Å². The lowest BCUT2D eigenvalue weighted by Crippen LogP contribution is -2.16. The van der Waals surface area contributed by atoms with Crippen LogP contribution in [0.1, 0.15) is 5.69 Å². The molecule has 2 heterocycles. The number of aromatic nitrogens is 2. The van der Waals surface area contributed by atoms with Gasteiger partial charge in [-0.15, -0.1) is 0 Å². The van der Waals surface area contributed by atoms with Gasteiger partial charge >= 0.3 is 0 Å². The highest BCUT2D eigenvalue weighted by Gasteiger charge is 2.08. The highest BCUT2D eigenvalue weighted by Crippen LogP contribution is 2.22. The average molecular weight is 301 g/mol. The second-order valence-electron chi connectivity index (χ2n) is 5.45. The molecule has 0 radical (unpaired) electrons. The van der Waals surface area contributed by atoms with E-state index in [0.29, 0.717) is 6.61 Å². The number of fused-ring (bicyclic) bond motifs is 1. The predicted molar refractivity (Wildman–Crippen MR) is 90.2 cm³/mol. The number of rotatable bonds is 4. The molecule has 23 heavy (non-hydrogen) atoms. The molecule has 4 rings (SSSR count). The summed E-state index contributed by atoms with van der Waals surface area (Å²) in [5, 5.41) is 0. The molecule has 0 unspecified atom stereocenters. The Kier molecular flexibility index (Phi) is 3.53. The number of pyridine rings is 1. The maximum atomic E-state index is 5.87. The maximum absolute atomic E-state index is 5.87. The number of aromatic amines is 1. The molecule has 2 aromatic heterocycles. The Bertz CT molecular complexity index is 878. The molecular formula is C20H17N2O+. The summed E-state index contributed by atoms with van der Waals surface area (Å²) in [6.07, 6.45) is 4.07. The van der Waals surface area contributed by atoms with Crippen LogP contribution in [-0.2, 0) is 6.61 Å². The van der Waals surface area contributed by atoms with Gasteiger partial charge in [0, 0.05) is 6.07 Å². The first-order valence-electron chi connectivity index (χ1n) is 7.65. The summed E-state index contributed by atoms with van der Waals surface area (Å²) in [7, 11) is 0. The Balaban J connectivity index is 1.47. The number of hydrogen-bond donors (Lipinski definition) is 1. The van der Waals surface area contributed by atoms with Crippen molar-refractivity contribution < 1.29 is 9.14 Å². The maximum Gasteiger partial charge on any atom is 0.284 e. The normalized spacial score (nSPS) is 10.8. The van der Waals surface area contributed by atoms with Crippen LogP contribution in [0.15, 0.2) is 85.2 Å². The second kappa shape index (κ2) is 5.97. The minimum atomic E-state index is 0.520. The summed E-state index contributed by atoms with van der Waals surface area (Å²) in [5.74, 6) is 0.869. The van der Waals surface area contributed by atoms with Gasteiger partial charge < -0.3 is 4.74 Å². The molecule has 0 amide bonds. The summed E-state index contributed by atoms with van der Waals surface area (Å²) in [4.78, 5) is 3.34. The predicted octanol–water partition coefficient (Wildman–Crippen LogP) is 4.00. The number of benzene rings is 2. The van der Waals surface area contributed by atoms with E-state index in [0.717, 1.165) is 17.1 Å². The molecule has 0 fully saturated rings. The summed E-state index contributed by atoms with van der Waals surface area (Å²) >= 11 is 0. The van der Waals surface area contributed by atoms with Gasteiger partial charge in [0.1, 0.15) is 11.9 Å². The zero-order valence-electron chi connectivity index (χ0n) is 12.6. The van der Waals surface area contributed by atoms with E-state index in [-0.39, 0.29) is 0 Å². The van der Waals surface area contributed by atoms with Gasteiger partial charge in [0.2, 0.25) is 0 Å². The number of nitrogens with zero attached hydrogens (tertiary/aromatic N) is 1. The van der Waals surface area contributed by atoms with Crippen LogP contribution in [0.5, 0.6) is 5.75 Å². The Labute approximate surface area is 134 Å². The van der Waals surface area contributed by atoms with Crippen LogP contribution < -0.4 is 9.14 Å². The molecule has 0 saturated heterocycles. The molecule has 4 aromatic rings. The topological polar surface area (TPSA) is 29.1 Å². The van der Waals surface area contributed by atoms with Crippen LogP contribution in [0.4, 0.5) is 0 Å². The Morgan fingerprint density at radius 2 is 1.52 bits per heavy atom. The molecule has 0 saturated carbocycles. The molecule has 1 N–H and O–H groups in total. The molecule has 3 nitrogen and oxygen atoms in total. The lowest BCUT2D eigenvalue weighted by atomic mass is 10.1. The Morgan fingerprint density at radius 3 is 2.30 bits per heavy atom. The van der Waals surface area contributed by atoms with Crippen LogP contribution in [0.25, 0.3) is 16.8 Å². The van der Waals surface area contributed by atoms with Crippen LogP contribution in [0, 0.1) is 0 Å². The first-order valence-corrected chi connectivity index (χ1v) is 7.65. The van der Waals surface area contributed by atoms with Crippen molar-refractivity contribution in [1.29, 1.82) is 0 Å². The van der Waals surface area contributed by atoms with Crippen molar-refractivity contribution in [2.45, 2.75) is 6.61 Å². The van der Waals surface area contributed by atoms with E-state index in [1.807, 2.05) is 60.9 Å². The lowest BCUT2D eigenvalue weighted by Gasteiger charge is -2.05. The minimum absolute atomic E-state index is 0.520. The largest absolute Gasteiger partial charge is 0.485 e. The molecule has 0 atom stereocenters. The van der Waals surface area contributed by atoms with Gasteiger partial charge in [-0.05, 0) is 29.3 Å². The van der Waals surface area contributed by atoms with Crippen molar-refractivity contribution in [2.75, 3.05) is 0 Å². The molecule has 112 valence electrons. The highest BCUT2D eigenvalue weighted by molar-refractivity contribution is 5.63. The van der Waals surface area contributed by atoms with E-state index in [2.05, 4.69) is 33.7 Å². The smallest absolute Gasteiger partial charge is 0.284 e. The van der Waals surface area contributed by atoms with Crippen LogP contribution in [-0.4, -0.2) is 4.98 Å². The SMILES string of the molecule is c1ccc(-c2ccc(OCc3c[n+]4ccccc4[nH]3)cc2)cc1. The fourth-order valence-electron chi connectivity index (χ4n) is 2.65. The zero-order valence-corrected chi connectivity index (χ0v) is 12.6. The van der Waals surface area contributed by atoms with Gasteiger partial charge in [0.25, 0.3) is 5.65 Å². The van der Waals surface area contributed by atoms with Gasteiger partial charge in [-0.25, -0.2) is 9.38 Å². The molecule has 0 aliphatic heterocycles. The lowest BCUT2D eigenvalue weighted by molar-refractivity contribution is -0.510. The standard InChI is InChI=1S/C20H16N2O/c1-2-6-16(7-3-1)17-9-11-19(12-10-17)23-15-18-14-22-13-5-4-8-20(22)21-18/h1-14H,15H2/p+1. The third-order valence-corrected chi connectivity index (χ3v) is 3.83. The van der Waals surface area contributed by atoms with Gasteiger partial charge in [0.15, 0.2) is 12.3 Å². The number of hydrogen-bond acceptors (Lipinski definition) is 1. The van der Waals surface area contributed by atoms with Crippen molar-refractivity contribution in [1.82, 2.24) is 4.98 Å². The minimum Gasteiger partial charge on any atom is -0.485 e. The van der Waals surface area contributed by atoms with E-state index >= 15 is 0 Å². The van der Waals surface area contributed by atoms with E-state index in [9.17, 15) is 0 Å². The molecule has 0 spiro atoms. The zero-order chi connectivity index (χ0) is 15.5. The summed E-state index contributed by atoms with van der Waals surface area (Å²) in [5.41, 5.74) is 4.51. The molecule has 0 aliphatic carbocycles. The molecule has 3 heteroatoms. The van der Waals surface area contributed by atoms with Crippen molar-refractivity contribution in [3.63, 3.8) is 0 Å². The number of imidazole rings is 1. The van der Waals surface area contributed by atoms with Crippen LogP contribution in [0.2, 0.25) is 0 Å². The van der Waals surface area contributed by atoms with Crippen molar-refractivity contribution in [3.8, 4) is 16.9 Å². The van der Waals surface area contributed by atoms with Gasteiger partial charge in [-0.2, -0.15) is 0 Å². The summed E-state index contributed by atoms with van der Waals surface area (Å²) in [6.45, 7) is 0.520. The third kappa shape index (κ3) is 2.94. The first-order chi connectivity index (χ1) is 11.4. The monoisotopic (exact) mass is 301 g/mol. The van der Waals surface area contributed by atoms with Crippen LogP contribution >= 0.6 is 0 Å². The summed E-state index contributed by atoms with van der Waals surface area (Å²) < 4.78 is 7.92. The van der Waals surface area contributed by atoms with Crippen molar-refractivity contribution in [3.05, 3.63) is 90.9 Å². The number of nitrogens with one attached hydrogen (secondary N) is 1. The third-order valence-electron chi connectivity index (χ3n) is 3.83. The Morgan fingerprint density at radius 1 is 0.783 bits per heavy atom. The van der Waals surface area contributed by atoms with E-state index < -0.39 is 0 Å². The fourth-order valence-corrected chi connectivity index (χ4v) is 2.65. The van der Waals surface area contributed by atoms with Crippen LogP contribution in [0.3, 0.4) is 0 Å². The first kappa shape index (κ1) is 13.6.